The van der Waals surface area contributed by atoms with Crippen molar-refractivity contribution in [3.8, 4) is 0 Å². The average molecular weight is 261 g/mol. The van der Waals surface area contributed by atoms with Crippen LogP contribution in [0, 0.1) is 11.8 Å². The molecule has 0 saturated heterocycles. The van der Waals surface area contributed by atoms with Gasteiger partial charge < -0.3 is 11.1 Å². The standard InChI is InChI=1S/C13H24N2O.ClH/c14-12-7-3-6-11(12)13(16)15-9-8-10-4-1-2-5-10;/h10-12H,1-9,14H2,(H,15,16);1H. The van der Waals surface area contributed by atoms with E-state index in [1.807, 2.05) is 0 Å². The highest BCUT2D eigenvalue weighted by atomic mass is 35.5. The van der Waals surface area contributed by atoms with Crippen molar-refractivity contribution >= 4 is 18.3 Å². The zero-order valence-electron chi connectivity index (χ0n) is 10.5. The van der Waals surface area contributed by atoms with E-state index in [1.54, 1.807) is 0 Å². The molecule has 0 aromatic rings. The van der Waals surface area contributed by atoms with E-state index in [4.69, 9.17) is 5.73 Å². The van der Waals surface area contributed by atoms with Crippen LogP contribution in [0.2, 0.25) is 0 Å². The molecule has 0 heterocycles. The summed E-state index contributed by atoms with van der Waals surface area (Å²) in [6, 6.07) is 0.103. The lowest BCUT2D eigenvalue weighted by molar-refractivity contribution is -0.125. The topological polar surface area (TPSA) is 55.1 Å². The normalized spacial score (nSPS) is 29.0. The van der Waals surface area contributed by atoms with Crippen LogP contribution in [0.1, 0.15) is 51.4 Å². The summed E-state index contributed by atoms with van der Waals surface area (Å²) in [6.45, 7) is 0.854. The molecule has 0 spiro atoms. The first-order chi connectivity index (χ1) is 7.77. The molecule has 4 heteroatoms. The number of carbonyl (C=O) groups excluding carboxylic acids is 1. The lowest BCUT2D eigenvalue weighted by atomic mass is 10.0. The van der Waals surface area contributed by atoms with Crippen LogP contribution in [0.4, 0.5) is 0 Å². The third-order valence-electron chi connectivity index (χ3n) is 4.23. The zero-order chi connectivity index (χ0) is 11.4. The highest BCUT2D eigenvalue weighted by Crippen LogP contribution is 2.27. The van der Waals surface area contributed by atoms with E-state index in [-0.39, 0.29) is 30.3 Å². The van der Waals surface area contributed by atoms with Crippen molar-refractivity contribution in [2.45, 2.75) is 57.4 Å². The molecule has 2 saturated carbocycles. The Labute approximate surface area is 110 Å². The minimum absolute atomic E-state index is 0. The van der Waals surface area contributed by atoms with Gasteiger partial charge in [-0.2, -0.15) is 0 Å². The predicted octanol–water partition coefficient (Wildman–Crippen LogP) is 2.23. The number of carbonyl (C=O) groups is 1. The second-order valence-electron chi connectivity index (χ2n) is 5.43. The van der Waals surface area contributed by atoms with E-state index in [9.17, 15) is 4.79 Å². The fourth-order valence-corrected chi connectivity index (χ4v) is 3.14. The Bertz CT molecular complexity index is 242. The van der Waals surface area contributed by atoms with Gasteiger partial charge in [0.1, 0.15) is 0 Å². The van der Waals surface area contributed by atoms with Crippen LogP contribution >= 0.6 is 12.4 Å². The molecular weight excluding hydrogens is 236 g/mol. The van der Waals surface area contributed by atoms with Crippen molar-refractivity contribution in [2.24, 2.45) is 17.6 Å². The van der Waals surface area contributed by atoms with Crippen LogP contribution in [0.5, 0.6) is 0 Å². The first-order valence-corrected chi connectivity index (χ1v) is 6.80. The number of hydrogen-bond donors (Lipinski definition) is 2. The van der Waals surface area contributed by atoms with Crippen molar-refractivity contribution in [1.29, 1.82) is 0 Å². The van der Waals surface area contributed by atoms with E-state index in [0.29, 0.717) is 0 Å². The lowest BCUT2D eigenvalue weighted by Gasteiger charge is -2.16. The summed E-state index contributed by atoms with van der Waals surface area (Å²) in [5, 5.41) is 3.06. The van der Waals surface area contributed by atoms with Crippen LogP contribution in [-0.2, 0) is 4.79 Å². The summed E-state index contributed by atoms with van der Waals surface area (Å²) < 4.78 is 0. The van der Waals surface area contributed by atoms with E-state index in [2.05, 4.69) is 5.32 Å². The summed E-state index contributed by atoms with van der Waals surface area (Å²) in [5.74, 6) is 1.14. The second kappa shape index (κ2) is 7.22. The first kappa shape index (κ1) is 14.8. The quantitative estimate of drug-likeness (QED) is 0.815. The average Bonchev–Trinajstić information content (AvgIpc) is 2.88. The van der Waals surface area contributed by atoms with E-state index >= 15 is 0 Å². The molecule has 2 fully saturated rings. The number of hydrogen-bond acceptors (Lipinski definition) is 2. The van der Waals surface area contributed by atoms with Crippen molar-refractivity contribution < 1.29 is 4.79 Å². The van der Waals surface area contributed by atoms with Gasteiger partial charge in [0, 0.05) is 12.6 Å². The van der Waals surface area contributed by atoms with Gasteiger partial charge in [-0.25, -0.2) is 0 Å². The van der Waals surface area contributed by atoms with Crippen LogP contribution in [0.25, 0.3) is 0 Å². The zero-order valence-corrected chi connectivity index (χ0v) is 11.3. The summed E-state index contributed by atoms with van der Waals surface area (Å²) >= 11 is 0. The largest absolute Gasteiger partial charge is 0.356 e. The summed E-state index contributed by atoms with van der Waals surface area (Å²) in [5.41, 5.74) is 5.91. The van der Waals surface area contributed by atoms with Gasteiger partial charge in [-0.05, 0) is 25.2 Å². The molecule has 0 aliphatic heterocycles. The number of amides is 1. The van der Waals surface area contributed by atoms with Gasteiger partial charge in [0.2, 0.25) is 5.91 Å². The minimum Gasteiger partial charge on any atom is -0.356 e. The number of nitrogens with two attached hydrogens (primary N) is 1. The van der Waals surface area contributed by atoms with Crippen LogP contribution in [0.15, 0.2) is 0 Å². The second-order valence-corrected chi connectivity index (χ2v) is 5.43. The van der Waals surface area contributed by atoms with Gasteiger partial charge in [-0.3, -0.25) is 4.79 Å². The van der Waals surface area contributed by atoms with Gasteiger partial charge in [0.15, 0.2) is 0 Å². The van der Waals surface area contributed by atoms with Gasteiger partial charge in [-0.15, -0.1) is 12.4 Å². The Morgan fingerprint density at radius 3 is 2.41 bits per heavy atom. The molecule has 3 nitrogen and oxygen atoms in total. The fraction of sp³-hybridized carbons (Fsp3) is 0.923. The van der Waals surface area contributed by atoms with Crippen LogP contribution in [0.3, 0.4) is 0 Å². The van der Waals surface area contributed by atoms with Gasteiger partial charge in [0.25, 0.3) is 0 Å². The van der Waals surface area contributed by atoms with E-state index in [1.165, 1.54) is 25.7 Å². The molecule has 2 atom stereocenters. The third-order valence-corrected chi connectivity index (χ3v) is 4.23. The smallest absolute Gasteiger partial charge is 0.224 e. The molecule has 2 aliphatic rings. The molecule has 100 valence electrons. The minimum atomic E-state index is 0. The molecule has 1 amide bonds. The van der Waals surface area contributed by atoms with Crippen molar-refractivity contribution in [3.63, 3.8) is 0 Å². The molecule has 0 aromatic heterocycles. The van der Waals surface area contributed by atoms with Crippen molar-refractivity contribution in [2.75, 3.05) is 6.54 Å². The predicted molar refractivity (Wildman–Crippen MR) is 72.1 cm³/mol. The van der Waals surface area contributed by atoms with Gasteiger partial charge in [0.05, 0.1) is 5.92 Å². The SMILES string of the molecule is Cl.NC1CCCC1C(=O)NCCC1CCCC1. The molecule has 0 radical (unpaired) electrons. The molecular formula is C13H25ClN2O. The highest BCUT2D eigenvalue weighted by Gasteiger charge is 2.29. The van der Waals surface area contributed by atoms with E-state index < -0.39 is 0 Å². The maximum atomic E-state index is 11.8. The molecule has 2 rings (SSSR count). The molecule has 2 unspecified atom stereocenters. The molecule has 3 N–H and O–H groups in total. The Hall–Kier alpha value is -0.280. The third kappa shape index (κ3) is 4.14. The number of rotatable bonds is 4. The first-order valence-electron chi connectivity index (χ1n) is 6.80. The van der Waals surface area contributed by atoms with Crippen LogP contribution < -0.4 is 11.1 Å². The Morgan fingerprint density at radius 2 is 1.82 bits per heavy atom. The molecule has 17 heavy (non-hydrogen) atoms. The Kier molecular flexibility index (Phi) is 6.28. The van der Waals surface area contributed by atoms with Gasteiger partial charge in [-0.1, -0.05) is 32.1 Å². The highest BCUT2D eigenvalue weighted by molar-refractivity contribution is 5.85. The van der Waals surface area contributed by atoms with E-state index in [0.717, 1.165) is 38.1 Å². The summed E-state index contributed by atoms with van der Waals surface area (Å²) in [6.07, 6.45) is 9.75. The Morgan fingerprint density at radius 1 is 1.12 bits per heavy atom. The molecule has 0 bridgehead atoms. The maximum absolute atomic E-state index is 11.8. The number of nitrogens with one attached hydrogen (secondary N) is 1. The number of halogens is 1. The monoisotopic (exact) mass is 260 g/mol. The maximum Gasteiger partial charge on any atom is 0.224 e. The van der Waals surface area contributed by atoms with Crippen molar-refractivity contribution in [1.82, 2.24) is 5.32 Å². The molecule has 0 aromatic carbocycles. The van der Waals surface area contributed by atoms with Crippen LogP contribution in [-0.4, -0.2) is 18.5 Å². The summed E-state index contributed by atoms with van der Waals surface area (Å²) in [4.78, 5) is 11.8. The lowest BCUT2D eigenvalue weighted by Crippen LogP contribution is -2.39. The van der Waals surface area contributed by atoms with Crippen molar-refractivity contribution in [3.05, 3.63) is 0 Å². The Balaban J connectivity index is 0.00000144. The summed E-state index contributed by atoms with van der Waals surface area (Å²) in [7, 11) is 0. The fourth-order valence-electron chi connectivity index (χ4n) is 3.14. The molecule has 2 aliphatic carbocycles. The van der Waals surface area contributed by atoms with Gasteiger partial charge >= 0.3 is 0 Å².